The van der Waals surface area contributed by atoms with Crippen LogP contribution in [0.25, 0.3) is 0 Å². The monoisotopic (exact) mass is 288 g/mol. The normalized spacial score (nSPS) is 20.1. The van der Waals surface area contributed by atoms with Gasteiger partial charge >= 0.3 is 0 Å². The van der Waals surface area contributed by atoms with E-state index in [9.17, 15) is 12.8 Å². The lowest BCUT2D eigenvalue weighted by atomic mass is 10.2. The fraction of sp³-hybridized carbons (Fsp3) is 0.500. The van der Waals surface area contributed by atoms with E-state index in [4.69, 9.17) is 10.5 Å². The molecule has 1 saturated heterocycles. The van der Waals surface area contributed by atoms with Crippen molar-refractivity contribution in [3.63, 3.8) is 0 Å². The summed E-state index contributed by atoms with van der Waals surface area (Å²) in [7, 11) is -2.35. The second-order valence-electron chi connectivity index (χ2n) is 4.57. The molecule has 1 aliphatic rings. The average Bonchev–Trinajstić information content (AvgIpc) is 2.85. The topological polar surface area (TPSA) is 72.6 Å². The highest BCUT2D eigenvalue weighted by Gasteiger charge is 2.28. The first-order chi connectivity index (χ1) is 8.93. The number of sulfonamides is 1. The zero-order chi connectivity index (χ0) is 14.0. The molecule has 1 aliphatic heterocycles. The van der Waals surface area contributed by atoms with Crippen molar-refractivity contribution in [2.45, 2.75) is 23.8 Å². The summed E-state index contributed by atoms with van der Waals surface area (Å²) >= 11 is 0. The summed E-state index contributed by atoms with van der Waals surface area (Å²) in [6.45, 7) is 0.902. The number of para-hydroxylation sites is 1. The van der Waals surface area contributed by atoms with Crippen LogP contribution in [0.15, 0.2) is 23.1 Å². The van der Waals surface area contributed by atoms with E-state index >= 15 is 0 Å². The molecule has 1 fully saturated rings. The van der Waals surface area contributed by atoms with E-state index in [1.54, 1.807) is 0 Å². The number of hydrogen-bond acceptors (Lipinski definition) is 4. The second kappa shape index (κ2) is 5.44. The number of nitrogens with zero attached hydrogens (tertiary/aromatic N) is 1. The van der Waals surface area contributed by atoms with E-state index in [1.807, 2.05) is 0 Å². The highest BCUT2D eigenvalue weighted by Crippen LogP contribution is 2.25. The minimum atomic E-state index is -3.79. The minimum Gasteiger partial charge on any atom is -0.395 e. The third-order valence-electron chi connectivity index (χ3n) is 3.19. The zero-order valence-electron chi connectivity index (χ0n) is 10.7. The van der Waals surface area contributed by atoms with Crippen LogP contribution in [0.2, 0.25) is 0 Å². The van der Waals surface area contributed by atoms with Gasteiger partial charge in [-0.15, -0.1) is 0 Å². The molecular weight excluding hydrogens is 271 g/mol. The molecule has 1 aromatic rings. The van der Waals surface area contributed by atoms with Crippen molar-refractivity contribution in [2.75, 3.05) is 25.9 Å². The number of benzene rings is 1. The summed E-state index contributed by atoms with van der Waals surface area (Å²) in [6, 6.07) is 3.77. The molecule has 1 unspecified atom stereocenters. The Morgan fingerprint density at radius 1 is 1.53 bits per heavy atom. The summed E-state index contributed by atoms with van der Waals surface area (Å²) in [5.41, 5.74) is 5.16. The van der Waals surface area contributed by atoms with Gasteiger partial charge in [0.1, 0.15) is 10.7 Å². The molecule has 2 N–H and O–H groups in total. The summed E-state index contributed by atoms with van der Waals surface area (Å²) in [5.74, 6) is -0.730. The minimum absolute atomic E-state index is 0.102. The Hall–Kier alpha value is -1.18. The number of nitrogens with two attached hydrogens (primary N) is 1. The maximum atomic E-state index is 13.3. The molecule has 0 saturated carbocycles. The van der Waals surface area contributed by atoms with Gasteiger partial charge in [0.15, 0.2) is 0 Å². The highest BCUT2D eigenvalue weighted by atomic mass is 32.2. The van der Waals surface area contributed by atoms with Gasteiger partial charge in [-0.3, -0.25) is 0 Å². The lowest BCUT2D eigenvalue weighted by Crippen LogP contribution is -2.34. The summed E-state index contributed by atoms with van der Waals surface area (Å²) in [5, 5.41) is 0. The smallest absolute Gasteiger partial charge is 0.245 e. The van der Waals surface area contributed by atoms with Gasteiger partial charge in [0.25, 0.3) is 0 Å². The maximum absolute atomic E-state index is 13.3. The van der Waals surface area contributed by atoms with E-state index in [0.717, 1.165) is 23.2 Å². The van der Waals surface area contributed by atoms with Crippen molar-refractivity contribution in [3.05, 3.63) is 24.0 Å². The molecule has 0 aromatic heterocycles. The van der Waals surface area contributed by atoms with Crippen LogP contribution in [0.3, 0.4) is 0 Å². The molecule has 2 rings (SSSR count). The Bertz CT molecular complexity index is 556. The molecule has 1 heterocycles. The number of hydrogen-bond donors (Lipinski definition) is 1. The molecule has 0 amide bonds. The summed E-state index contributed by atoms with van der Waals surface area (Å²) in [6.07, 6.45) is 1.66. The van der Waals surface area contributed by atoms with E-state index < -0.39 is 15.8 Å². The van der Waals surface area contributed by atoms with E-state index in [0.29, 0.717) is 6.61 Å². The fourth-order valence-corrected chi connectivity index (χ4v) is 3.41. The van der Waals surface area contributed by atoms with Gasteiger partial charge in [0, 0.05) is 20.2 Å². The van der Waals surface area contributed by atoms with Crippen molar-refractivity contribution in [1.82, 2.24) is 4.31 Å². The molecule has 5 nitrogen and oxygen atoms in total. The van der Waals surface area contributed by atoms with Crippen LogP contribution in [0, 0.1) is 5.82 Å². The van der Waals surface area contributed by atoms with Gasteiger partial charge < -0.3 is 10.5 Å². The first-order valence-electron chi connectivity index (χ1n) is 6.05. The van der Waals surface area contributed by atoms with Crippen LogP contribution in [-0.4, -0.2) is 39.0 Å². The average molecular weight is 288 g/mol. The molecule has 1 atom stereocenters. The van der Waals surface area contributed by atoms with E-state index in [2.05, 4.69) is 0 Å². The number of ether oxygens (including phenoxy) is 1. The van der Waals surface area contributed by atoms with Crippen LogP contribution in [0.4, 0.5) is 10.1 Å². The van der Waals surface area contributed by atoms with Crippen molar-refractivity contribution in [2.24, 2.45) is 0 Å². The fourth-order valence-electron chi connectivity index (χ4n) is 2.08. The van der Waals surface area contributed by atoms with Crippen molar-refractivity contribution in [1.29, 1.82) is 0 Å². The van der Waals surface area contributed by atoms with Crippen molar-refractivity contribution >= 4 is 15.7 Å². The van der Waals surface area contributed by atoms with Crippen molar-refractivity contribution in [3.8, 4) is 0 Å². The quantitative estimate of drug-likeness (QED) is 0.845. The Balaban J connectivity index is 2.23. The number of rotatable bonds is 4. The van der Waals surface area contributed by atoms with Gasteiger partial charge in [0.05, 0.1) is 11.8 Å². The van der Waals surface area contributed by atoms with Crippen LogP contribution >= 0.6 is 0 Å². The third kappa shape index (κ3) is 2.88. The van der Waals surface area contributed by atoms with Crippen LogP contribution in [0.5, 0.6) is 0 Å². The lowest BCUT2D eigenvalue weighted by molar-refractivity contribution is 0.0979. The summed E-state index contributed by atoms with van der Waals surface area (Å²) in [4.78, 5) is -0.201. The number of nitrogen functional groups attached to an aromatic ring is 1. The Morgan fingerprint density at radius 3 is 2.89 bits per heavy atom. The molecule has 19 heavy (non-hydrogen) atoms. The SMILES string of the molecule is CN(CC1CCCO1)S(=O)(=O)c1cccc(F)c1N. The molecule has 7 heteroatoms. The Kier molecular flexibility index (Phi) is 4.07. The zero-order valence-corrected chi connectivity index (χ0v) is 11.5. The lowest BCUT2D eigenvalue weighted by Gasteiger charge is -2.21. The highest BCUT2D eigenvalue weighted by molar-refractivity contribution is 7.89. The van der Waals surface area contributed by atoms with Crippen LogP contribution < -0.4 is 5.73 Å². The van der Waals surface area contributed by atoms with Gasteiger partial charge in [-0.25, -0.2) is 12.8 Å². The molecule has 1 aromatic carbocycles. The molecule has 106 valence electrons. The molecule has 0 radical (unpaired) electrons. The van der Waals surface area contributed by atoms with Gasteiger partial charge in [0.2, 0.25) is 10.0 Å². The Labute approximate surface area is 112 Å². The number of anilines is 1. The van der Waals surface area contributed by atoms with Gasteiger partial charge in [-0.05, 0) is 25.0 Å². The molecular formula is C12H17FN2O3S. The van der Waals surface area contributed by atoms with Gasteiger partial charge in [-0.1, -0.05) is 6.07 Å². The first kappa shape index (κ1) is 14.2. The predicted octanol–water partition coefficient (Wildman–Crippen LogP) is 1.21. The maximum Gasteiger partial charge on any atom is 0.245 e. The van der Waals surface area contributed by atoms with Crippen LogP contribution in [-0.2, 0) is 14.8 Å². The number of halogens is 1. The first-order valence-corrected chi connectivity index (χ1v) is 7.49. The van der Waals surface area contributed by atoms with Gasteiger partial charge in [-0.2, -0.15) is 4.31 Å². The second-order valence-corrected chi connectivity index (χ2v) is 6.59. The van der Waals surface area contributed by atoms with E-state index in [-0.39, 0.29) is 23.2 Å². The van der Waals surface area contributed by atoms with E-state index in [1.165, 1.54) is 19.2 Å². The molecule has 0 bridgehead atoms. The molecule has 0 spiro atoms. The third-order valence-corrected chi connectivity index (χ3v) is 5.07. The largest absolute Gasteiger partial charge is 0.395 e. The summed E-state index contributed by atoms with van der Waals surface area (Å²) < 4.78 is 44.5. The predicted molar refractivity (Wildman–Crippen MR) is 69.6 cm³/mol. The Morgan fingerprint density at radius 2 is 2.26 bits per heavy atom. The standard InChI is InChI=1S/C12H17FN2O3S/c1-15(8-9-4-3-7-18-9)19(16,17)11-6-2-5-10(13)12(11)14/h2,5-6,9H,3-4,7-8,14H2,1H3. The molecule has 0 aliphatic carbocycles. The number of likely N-dealkylation sites (N-methyl/N-ethyl adjacent to an activating group) is 1. The van der Waals surface area contributed by atoms with Crippen LogP contribution in [0.1, 0.15) is 12.8 Å². The van der Waals surface area contributed by atoms with Crippen molar-refractivity contribution < 1.29 is 17.5 Å².